The Morgan fingerprint density at radius 2 is 1.17 bits per heavy atom. The number of carbonyl (C=O) groups is 1. The van der Waals surface area contributed by atoms with Gasteiger partial charge in [-0.05, 0) is 96.6 Å². The van der Waals surface area contributed by atoms with Crippen LogP contribution in [-0.2, 0) is 22.8 Å². The van der Waals surface area contributed by atoms with Crippen LogP contribution in [-0.4, -0.2) is 66.5 Å². The molecule has 0 spiro atoms. The van der Waals surface area contributed by atoms with Gasteiger partial charge in [-0.3, -0.25) is 4.79 Å². The summed E-state index contributed by atoms with van der Waals surface area (Å²) in [5.41, 5.74) is 0. The van der Waals surface area contributed by atoms with E-state index in [1.54, 1.807) is 0 Å². The van der Waals surface area contributed by atoms with Crippen molar-refractivity contribution in [3.05, 3.63) is 73.3 Å². The normalized spacial score (nSPS) is 19.7. The molecule has 0 aliphatic carbocycles. The molecule has 2 aromatic carbocycles. The fraction of sp³-hybridized carbons (Fsp3) is 0.659. The van der Waals surface area contributed by atoms with E-state index < -0.39 is 37.0 Å². The van der Waals surface area contributed by atoms with Crippen LogP contribution in [0.25, 0.3) is 0 Å². The van der Waals surface area contributed by atoms with Gasteiger partial charge in [-0.25, -0.2) is 0 Å². The van der Waals surface area contributed by atoms with Crippen molar-refractivity contribution in [3.8, 4) is 0 Å². The number of aliphatic carboxylic acids is 1. The number of hydrogen-bond acceptors (Lipinski definition) is 5. The molecule has 5 atom stereocenters. The van der Waals surface area contributed by atoms with Crippen molar-refractivity contribution in [1.82, 2.24) is 0 Å². The molecule has 9 heteroatoms. The van der Waals surface area contributed by atoms with E-state index in [1.807, 2.05) is 18.2 Å². The Balaban J connectivity index is 1.92. The second kappa shape index (κ2) is 18.4. The SMILES string of the molecule is C=CC[C@@H](C[C@@H](C[C@H]1CCC[C@@H](C[C@H](CC(=O)O)O[Si](c2ccccc2)(c2ccccc2)C(C)(C)C)O1)O[Si](C)(C)C(C)(C)C)O[Si](C)(C)C(C)(C)C. The number of ether oxygens (including phenoxy) is 1. The van der Waals surface area contributed by atoms with Crippen LogP contribution < -0.4 is 10.4 Å². The molecule has 1 aliphatic heterocycles. The Morgan fingerprint density at radius 3 is 1.57 bits per heavy atom. The molecule has 1 heterocycles. The van der Waals surface area contributed by atoms with Crippen molar-refractivity contribution < 1.29 is 27.9 Å². The highest BCUT2D eigenvalue weighted by molar-refractivity contribution is 6.99. The number of carboxylic acids is 1. The van der Waals surface area contributed by atoms with Crippen molar-refractivity contribution in [2.24, 2.45) is 0 Å². The van der Waals surface area contributed by atoms with Crippen molar-refractivity contribution in [2.75, 3.05) is 0 Å². The van der Waals surface area contributed by atoms with E-state index in [9.17, 15) is 9.90 Å². The molecule has 3 rings (SSSR count). The quantitative estimate of drug-likeness (QED) is 0.120. The van der Waals surface area contributed by atoms with Gasteiger partial charge in [-0.1, -0.05) is 129 Å². The van der Waals surface area contributed by atoms with E-state index >= 15 is 0 Å². The molecule has 0 amide bonds. The van der Waals surface area contributed by atoms with Crippen LogP contribution in [0.2, 0.25) is 41.3 Å². The summed E-state index contributed by atoms with van der Waals surface area (Å²) in [6.45, 7) is 33.9. The number of benzene rings is 2. The molecule has 6 nitrogen and oxygen atoms in total. The molecule has 0 aromatic heterocycles. The van der Waals surface area contributed by atoms with Crippen molar-refractivity contribution in [3.63, 3.8) is 0 Å². The van der Waals surface area contributed by atoms with Gasteiger partial charge < -0.3 is 23.1 Å². The summed E-state index contributed by atoms with van der Waals surface area (Å²) >= 11 is 0. The highest BCUT2D eigenvalue weighted by atomic mass is 28.4. The first-order valence-electron chi connectivity index (χ1n) is 20.0. The molecule has 298 valence electrons. The monoisotopic (exact) mass is 782 g/mol. The summed E-state index contributed by atoms with van der Waals surface area (Å²) in [6, 6.07) is 21.0. The second-order valence-corrected chi connectivity index (χ2v) is 33.3. The van der Waals surface area contributed by atoms with E-state index in [1.165, 1.54) is 0 Å². The van der Waals surface area contributed by atoms with Crippen LogP contribution in [0.3, 0.4) is 0 Å². The molecule has 1 fully saturated rings. The average Bonchev–Trinajstić information content (AvgIpc) is 3.02. The fourth-order valence-corrected chi connectivity index (χ4v) is 14.7. The van der Waals surface area contributed by atoms with E-state index in [0.29, 0.717) is 6.42 Å². The van der Waals surface area contributed by atoms with E-state index in [-0.39, 0.29) is 46.0 Å². The van der Waals surface area contributed by atoms with Crippen LogP contribution in [0.5, 0.6) is 0 Å². The molecule has 0 saturated carbocycles. The first-order chi connectivity index (χ1) is 24.4. The van der Waals surface area contributed by atoms with Crippen LogP contribution in [0.1, 0.15) is 114 Å². The predicted octanol–water partition coefficient (Wildman–Crippen LogP) is 10.9. The maximum absolute atomic E-state index is 12.5. The van der Waals surface area contributed by atoms with E-state index in [2.05, 4.69) is 144 Å². The van der Waals surface area contributed by atoms with Crippen molar-refractivity contribution in [1.29, 1.82) is 0 Å². The van der Waals surface area contributed by atoms with E-state index in [0.717, 1.165) is 48.9 Å². The van der Waals surface area contributed by atoms with Gasteiger partial charge in [0.1, 0.15) is 0 Å². The zero-order chi connectivity index (χ0) is 39.9. The van der Waals surface area contributed by atoms with Crippen molar-refractivity contribution >= 4 is 41.3 Å². The zero-order valence-electron chi connectivity index (χ0n) is 35.6. The topological polar surface area (TPSA) is 74.2 Å². The van der Waals surface area contributed by atoms with Gasteiger partial charge in [0.15, 0.2) is 16.6 Å². The third-order valence-corrected chi connectivity index (χ3v) is 26.3. The molecule has 53 heavy (non-hydrogen) atoms. The second-order valence-electron chi connectivity index (χ2n) is 19.5. The summed E-state index contributed by atoms with van der Waals surface area (Å²) < 4.78 is 28.6. The van der Waals surface area contributed by atoms with E-state index in [4.69, 9.17) is 18.0 Å². The van der Waals surface area contributed by atoms with Crippen LogP contribution in [0, 0.1) is 0 Å². The molecule has 2 aromatic rings. The third kappa shape index (κ3) is 12.3. The van der Waals surface area contributed by atoms with Gasteiger partial charge >= 0.3 is 5.97 Å². The van der Waals surface area contributed by atoms with Gasteiger partial charge in [-0.15, -0.1) is 6.58 Å². The predicted molar refractivity (Wildman–Crippen MR) is 230 cm³/mol. The summed E-state index contributed by atoms with van der Waals surface area (Å²) in [6.07, 6.45) is 7.13. The first kappa shape index (κ1) is 45.5. The molecule has 1 saturated heterocycles. The maximum Gasteiger partial charge on any atom is 0.305 e. The van der Waals surface area contributed by atoms with Gasteiger partial charge in [0.2, 0.25) is 0 Å². The lowest BCUT2D eigenvalue weighted by Gasteiger charge is -2.46. The Labute approximate surface area is 326 Å². The lowest BCUT2D eigenvalue weighted by Crippen LogP contribution is -2.68. The number of carboxylic acid groups (broad SMARTS) is 1. The largest absolute Gasteiger partial charge is 0.481 e. The van der Waals surface area contributed by atoms with Gasteiger partial charge in [0, 0.05) is 6.10 Å². The molecule has 1 aliphatic rings. The summed E-state index contributed by atoms with van der Waals surface area (Å²) in [5.74, 6) is -0.849. The van der Waals surface area contributed by atoms with Crippen LogP contribution in [0.15, 0.2) is 73.3 Å². The first-order valence-corrected chi connectivity index (χ1v) is 27.8. The molecule has 1 N–H and O–H groups in total. The molecule has 0 unspecified atom stereocenters. The fourth-order valence-electron chi connectivity index (χ4n) is 7.27. The van der Waals surface area contributed by atoms with Gasteiger partial charge in [0.25, 0.3) is 8.32 Å². The zero-order valence-corrected chi connectivity index (χ0v) is 38.6. The minimum Gasteiger partial charge on any atom is -0.481 e. The number of rotatable bonds is 18. The average molecular weight is 783 g/mol. The molecule has 0 radical (unpaired) electrons. The Morgan fingerprint density at radius 1 is 0.736 bits per heavy atom. The summed E-state index contributed by atoms with van der Waals surface area (Å²) in [5, 5.41) is 12.4. The smallest absolute Gasteiger partial charge is 0.305 e. The molecular weight excluding hydrogens is 709 g/mol. The molecule has 0 bridgehead atoms. The van der Waals surface area contributed by atoms with Gasteiger partial charge in [-0.2, -0.15) is 0 Å². The Hall–Kier alpha value is -1.86. The van der Waals surface area contributed by atoms with Gasteiger partial charge in [0.05, 0.1) is 30.8 Å². The van der Waals surface area contributed by atoms with Crippen LogP contribution in [0.4, 0.5) is 0 Å². The maximum atomic E-state index is 12.5. The lowest BCUT2D eigenvalue weighted by atomic mass is 9.95. The summed E-state index contributed by atoms with van der Waals surface area (Å²) in [4.78, 5) is 12.5. The number of hydrogen-bond donors (Lipinski definition) is 1. The Bertz CT molecular complexity index is 1390. The third-order valence-electron chi connectivity index (χ3n) is 12.1. The van der Waals surface area contributed by atoms with Crippen molar-refractivity contribution in [2.45, 2.75) is 186 Å². The lowest BCUT2D eigenvalue weighted by molar-refractivity contribution is -0.140. The minimum absolute atomic E-state index is 0.0131. The standard InChI is InChI=1S/C44H74O6Si3/c1-15-23-36(48-51(11,12)42(2,3)4)32-37(49-52(13,14)43(5,6)7)30-34-24-22-25-35(47-34)31-38(33-41(45)46)50-53(44(8,9)10,39-26-18-16-19-27-39)40-28-20-17-21-29-40/h15-21,26-29,34-38H,1,22-25,30-33H2,2-14H3,(H,45,46)/t34-,35+,36+,37-,38-/m1/s1. The molecular formula is C44H74O6Si3. The highest BCUT2D eigenvalue weighted by Gasteiger charge is 2.52. The highest BCUT2D eigenvalue weighted by Crippen LogP contribution is 2.42. The van der Waals surface area contributed by atoms with Crippen LogP contribution >= 0.6 is 0 Å². The minimum atomic E-state index is -2.96. The Kier molecular flexibility index (Phi) is 15.8. The summed E-state index contributed by atoms with van der Waals surface area (Å²) in [7, 11) is -7.11.